The second-order valence-corrected chi connectivity index (χ2v) is 4.98. The summed E-state index contributed by atoms with van der Waals surface area (Å²) in [6, 6.07) is 8.83. The summed E-state index contributed by atoms with van der Waals surface area (Å²) in [5, 5.41) is 0. The van der Waals surface area contributed by atoms with Crippen LogP contribution in [0.1, 0.15) is 50.5 Å². The Hall–Kier alpha value is -1.02. The molecule has 0 spiro atoms. The quantitative estimate of drug-likeness (QED) is 0.732. The van der Waals surface area contributed by atoms with Gasteiger partial charge in [0.25, 0.3) is 0 Å². The van der Waals surface area contributed by atoms with E-state index in [2.05, 4.69) is 31.2 Å². The second-order valence-electron chi connectivity index (χ2n) is 4.98. The highest BCUT2D eigenvalue weighted by atomic mass is 16.5. The van der Waals surface area contributed by atoms with Crippen LogP contribution in [-0.2, 0) is 0 Å². The molecule has 0 saturated heterocycles. The molecular weight excluding hydrogens is 210 g/mol. The van der Waals surface area contributed by atoms with Gasteiger partial charge in [0, 0.05) is 12.0 Å². The molecule has 0 amide bonds. The number of ether oxygens (including phenoxy) is 1. The first-order chi connectivity index (χ1) is 8.31. The number of hydrogen-bond acceptors (Lipinski definition) is 2. The van der Waals surface area contributed by atoms with E-state index in [9.17, 15) is 0 Å². The zero-order valence-electron chi connectivity index (χ0n) is 10.7. The lowest BCUT2D eigenvalue weighted by Crippen LogP contribution is -2.01. The van der Waals surface area contributed by atoms with Gasteiger partial charge in [-0.3, -0.25) is 0 Å². The van der Waals surface area contributed by atoms with E-state index >= 15 is 0 Å². The van der Waals surface area contributed by atoms with Crippen LogP contribution in [-0.4, -0.2) is 12.6 Å². The van der Waals surface area contributed by atoms with Crippen LogP contribution in [0, 0.1) is 0 Å². The molecule has 0 aromatic heterocycles. The summed E-state index contributed by atoms with van der Waals surface area (Å²) in [6.45, 7) is 3.06. The lowest BCUT2D eigenvalue weighted by atomic mass is 10.1. The van der Waals surface area contributed by atoms with Gasteiger partial charge in [-0.2, -0.15) is 0 Å². The predicted octanol–water partition coefficient (Wildman–Crippen LogP) is 3.46. The highest BCUT2D eigenvalue weighted by molar-refractivity contribution is 5.33. The maximum Gasteiger partial charge on any atom is 0.119 e. The summed E-state index contributed by atoms with van der Waals surface area (Å²) in [7, 11) is 0. The summed E-state index contributed by atoms with van der Waals surface area (Å²) in [5.41, 5.74) is 7.19. The molecular formula is C15H23NO. The maximum absolute atomic E-state index is 5.83. The lowest BCUT2D eigenvalue weighted by molar-refractivity contribution is 0.305. The number of nitrogens with two attached hydrogens (primary N) is 1. The number of rotatable bonds is 7. The first-order valence-corrected chi connectivity index (χ1v) is 6.79. The zero-order chi connectivity index (χ0) is 12.1. The molecule has 0 heterocycles. The van der Waals surface area contributed by atoms with Crippen molar-refractivity contribution in [3.8, 4) is 5.75 Å². The van der Waals surface area contributed by atoms with Gasteiger partial charge in [-0.15, -0.1) is 0 Å². The Bertz CT molecular complexity index is 333. The van der Waals surface area contributed by atoms with Gasteiger partial charge in [0.2, 0.25) is 0 Å². The first kappa shape index (κ1) is 12.4. The van der Waals surface area contributed by atoms with Crippen LogP contribution in [0.5, 0.6) is 5.75 Å². The number of hydrogen-bond donors (Lipinski definition) is 1. The number of benzene rings is 1. The van der Waals surface area contributed by atoms with E-state index < -0.39 is 0 Å². The molecule has 1 saturated carbocycles. The molecule has 2 heteroatoms. The Morgan fingerprint density at radius 3 is 2.47 bits per heavy atom. The van der Waals surface area contributed by atoms with Crippen molar-refractivity contribution in [3.63, 3.8) is 0 Å². The van der Waals surface area contributed by atoms with Gasteiger partial charge in [-0.25, -0.2) is 0 Å². The van der Waals surface area contributed by atoms with Gasteiger partial charge >= 0.3 is 0 Å². The molecule has 0 bridgehead atoms. The molecule has 0 radical (unpaired) electrons. The van der Waals surface area contributed by atoms with Crippen LogP contribution in [0.3, 0.4) is 0 Å². The molecule has 0 aliphatic heterocycles. The monoisotopic (exact) mass is 233 g/mol. The fourth-order valence-corrected chi connectivity index (χ4v) is 2.13. The normalized spacial score (nSPS) is 22.5. The fourth-order valence-electron chi connectivity index (χ4n) is 2.13. The highest BCUT2D eigenvalue weighted by Gasteiger charge is 2.34. The van der Waals surface area contributed by atoms with Crippen LogP contribution >= 0.6 is 0 Å². The van der Waals surface area contributed by atoms with Crippen LogP contribution in [0.15, 0.2) is 24.3 Å². The molecule has 1 aromatic carbocycles. The summed E-state index contributed by atoms with van der Waals surface area (Å²) in [4.78, 5) is 0. The summed E-state index contributed by atoms with van der Waals surface area (Å²) in [6.07, 6.45) is 6.14. The highest BCUT2D eigenvalue weighted by Crippen LogP contribution is 2.39. The summed E-state index contributed by atoms with van der Waals surface area (Å²) >= 11 is 0. The third kappa shape index (κ3) is 3.74. The van der Waals surface area contributed by atoms with Gasteiger partial charge in [-0.1, -0.05) is 38.3 Å². The lowest BCUT2D eigenvalue weighted by Gasteiger charge is -2.06. The van der Waals surface area contributed by atoms with Crippen molar-refractivity contribution in [2.24, 2.45) is 5.73 Å². The van der Waals surface area contributed by atoms with Gasteiger partial charge < -0.3 is 10.5 Å². The second kappa shape index (κ2) is 6.06. The molecule has 1 fully saturated rings. The topological polar surface area (TPSA) is 35.2 Å². The van der Waals surface area contributed by atoms with Crippen molar-refractivity contribution in [2.45, 2.75) is 51.0 Å². The van der Waals surface area contributed by atoms with Crippen LogP contribution < -0.4 is 10.5 Å². The molecule has 2 rings (SSSR count). The minimum absolute atomic E-state index is 0.385. The van der Waals surface area contributed by atoms with Crippen molar-refractivity contribution < 1.29 is 4.74 Å². The summed E-state index contributed by atoms with van der Waals surface area (Å²) < 4.78 is 5.70. The maximum atomic E-state index is 5.83. The van der Waals surface area contributed by atoms with E-state index in [0.29, 0.717) is 12.0 Å². The van der Waals surface area contributed by atoms with Crippen molar-refractivity contribution in [3.05, 3.63) is 29.8 Å². The van der Waals surface area contributed by atoms with E-state index in [0.717, 1.165) is 25.2 Å². The average molecular weight is 233 g/mol. The average Bonchev–Trinajstić information content (AvgIpc) is 3.07. The molecule has 2 nitrogen and oxygen atoms in total. The SMILES string of the molecule is CCCCCCOc1ccc(C2CC2N)cc1. The van der Waals surface area contributed by atoms with E-state index in [4.69, 9.17) is 10.5 Å². The van der Waals surface area contributed by atoms with Crippen molar-refractivity contribution >= 4 is 0 Å². The van der Waals surface area contributed by atoms with Gasteiger partial charge in [0.15, 0.2) is 0 Å². The zero-order valence-corrected chi connectivity index (χ0v) is 10.7. The van der Waals surface area contributed by atoms with E-state index in [-0.39, 0.29) is 0 Å². The standard InChI is InChI=1S/C15H23NO/c1-2-3-4-5-10-17-13-8-6-12(7-9-13)14-11-15(14)16/h6-9,14-15H,2-5,10-11,16H2,1H3. The van der Waals surface area contributed by atoms with Gasteiger partial charge in [-0.05, 0) is 30.5 Å². The van der Waals surface area contributed by atoms with E-state index in [1.54, 1.807) is 0 Å². The minimum Gasteiger partial charge on any atom is -0.494 e. The van der Waals surface area contributed by atoms with Crippen molar-refractivity contribution in [1.82, 2.24) is 0 Å². The molecule has 1 aliphatic carbocycles. The van der Waals surface area contributed by atoms with Crippen molar-refractivity contribution in [1.29, 1.82) is 0 Å². The largest absolute Gasteiger partial charge is 0.494 e. The van der Waals surface area contributed by atoms with Crippen molar-refractivity contribution in [2.75, 3.05) is 6.61 Å². The molecule has 2 N–H and O–H groups in total. The Morgan fingerprint density at radius 2 is 1.88 bits per heavy atom. The molecule has 94 valence electrons. The fraction of sp³-hybridized carbons (Fsp3) is 0.600. The third-order valence-corrected chi connectivity index (χ3v) is 3.41. The smallest absolute Gasteiger partial charge is 0.119 e. The molecule has 17 heavy (non-hydrogen) atoms. The molecule has 2 atom stereocenters. The van der Waals surface area contributed by atoms with E-state index in [1.807, 2.05) is 0 Å². The van der Waals surface area contributed by atoms with Crippen LogP contribution in [0.4, 0.5) is 0 Å². The minimum atomic E-state index is 0.385. The van der Waals surface area contributed by atoms with Crippen LogP contribution in [0.25, 0.3) is 0 Å². The predicted molar refractivity (Wildman–Crippen MR) is 71.4 cm³/mol. The molecule has 2 unspecified atom stereocenters. The van der Waals surface area contributed by atoms with Gasteiger partial charge in [0.1, 0.15) is 5.75 Å². The Labute approximate surface area is 104 Å². The van der Waals surface area contributed by atoms with Crippen LogP contribution in [0.2, 0.25) is 0 Å². The first-order valence-electron chi connectivity index (χ1n) is 6.79. The Morgan fingerprint density at radius 1 is 1.18 bits per heavy atom. The Balaban J connectivity index is 1.70. The van der Waals surface area contributed by atoms with Gasteiger partial charge in [0.05, 0.1) is 6.61 Å². The Kier molecular flexibility index (Phi) is 4.43. The number of unbranched alkanes of at least 4 members (excludes halogenated alkanes) is 3. The molecule has 1 aromatic rings. The third-order valence-electron chi connectivity index (χ3n) is 3.41. The van der Waals surface area contributed by atoms with E-state index in [1.165, 1.54) is 24.8 Å². The summed E-state index contributed by atoms with van der Waals surface area (Å²) in [5.74, 6) is 1.58. The molecule has 1 aliphatic rings.